The fourth-order valence-corrected chi connectivity index (χ4v) is 2.16. The number of nitrogens with two attached hydrogens (primary N) is 1. The molecule has 3 rings (SSSR count). The van der Waals surface area contributed by atoms with Crippen LogP contribution in [0.2, 0.25) is 0 Å². The number of rotatable bonds is 2. The maximum atomic E-state index is 12.4. The molecule has 1 heterocycles. The SMILES string of the molecule is Nc1ccc(N2C(=O)C=C(c3ccccc3)C2=O)cc1. The Morgan fingerprint density at radius 2 is 1.50 bits per heavy atom. The minimum atomic E-state index is -0.335. The predicted molar refractivity (Wildman–Crippen MR) is 77.8 cm³/mol. The van der Waals surface area contributed by atoms with Gasteiger partial charge in [0.15, 0.2) is 0 Å². The molecule has 0 saturated carbocycles. The average molecular weight is 264 g/mol. The second kappa shape index (κ2) is 4.66. The molecule has 0 saturated heterocycles. The van der Waals surface area contributed by atoms with Gasteiger partial charge in [0, 0.05) is 11.8 Å². The van der Waals surface area contributed by atoms with E-state index in [1.54, 1.807) is 24.3 Å². The lowest BCUT2D eigenvalue weighted by atomic mass is 10.1. The lowest BCUT2D eigenvalue weighted by Crippen LogP contribution is -2.30. The zero-order chi connectivity index (χ0) is 14.1. The quantitative estimate of drug-likeness (QED) is 0.668. The van der Waals surface area contributed by atoms with E-state index in [0.29, 0.717) is 16.9 Å². The van der Waals surface area contributed by atoms with E-state index in [9.17, 15) is 9.59 Å². The molecule has 4 heteroatoms. The van der Waals surface area contributed by atoms with Crippen LogP contribution < -0.4 is 10.6 Å². The van der Waals surface area contributed by atoms with Gasteiger partial charge in [-0.25, -0.2) is 4.90 Å². The number of hydrogen-bond donors (Lipinski definition) is 1. The monoisotopic (exact) mass is 264 g/mol. The van der Waals surface area contributed by atoms with Crippen LogP contribution in [0.15, 0.2) is 60.7 Å². The third-order valence-electron chi connectivity index (χ3n) is 3.16. The molecule has 1 aliphatic rings. The molecule has 2 aromatic carbocycles. The van der Waals surface area contributed by atoms with Crippen LogP contribution in [-0.2, 0) is 9.59 Å². The number of imide groups is 1. The average Bonchev–Trinajstić information content (AvgIpc) is 2.76. The Morgan fingerprint density at radius 3 is 2.15 bits per heavy atom. The van der Waals surface area contributed by atoms with Crippen molar-refractivity contribution in [1.82, 2.24) is 0 Å². The maximum Gasteiger partial charge on any atom is 0.266 e. The molecule has 2 amide bonds. The molecular weight excluding hydrogens is 252 g/mol. The zero-order valence-electron chi connectivity index (χ0n) is 10.6. The molecular formula is C16H12N2O2. The van der Waals surface area contributed by atoms with E-state index >= 15 is 0 Å². The van der Waals surface area contributed by atoms with Crippen molar-refractivity contribution in [2.75, 3.05) is 10.6 Å². The zero-order valence-corrected chi connectivity index (χ0v) is 10.6. The summed E-state index contributed by atoms with van der Waals surface area (Å²) in [6, 6.07) is 15.8. The summed E-state index contributed by atoms with van der Waals surface area (Å²) in [4.78, 5) is 25.6. The highest BCUT2D eigenvalue weighted by Gasteiger charge is 2.32. The van der Waals surface area contributed by atoms with E-state index in [0.717, 1.165) is 10.5 Å². The number of hydrogen-bond acceptors (Lipinski definition) is 3. The van der Waals surface area contributed by atoms with Gasteiger partial charge in [0.25, 0.3) is 11.8 Å². The summed E-state index contributed by atoms with van der Waals surface area (Å²) in [5, 5.41) is 0. The normalized spacial score (nSPS) is 14.6. The Hall–Kier alpha value is -2.88. The van der Waals surface area contributed by atoms with Gasteiger partial charge in [-0.05, 0) is 29.8 Å². The molecule has 98 valence electrons. The number of carbonyl (C=O) groups is 2. The van der Waals surface area contributed by atoms with E-state index in [1.807, 2.05) is 30.3 Å². The topological polar surface area (TPSA) is 63.4 Å². The van der Waals surface area contributed by atoms with Gasteiger partial charge >= 0.3 is 0 Å². The minimum Gasteiger partial charge on any atom is -0.399 e. The Morgan fingerprint density at radius 1 is 0.850 bits per heavy atom. The third-order valence-corrected chi connectivity index (χ3v) is 3.16. The Balaban J connectivity index is 1.97. The molecule has 0 aliphatic carbocycles. The second-order valence-electron chi connectivity index (χ2n) is 4.49. The van der Waals surface area contributed by atoms with E-state index in [1.165, 1.54) is 6.08 Å². The summed E-state index contributed by atoms with van der Waals surface area (Å²) in [5.74, 6) is -0.649. The highest BCUT2D eigenvalue weighted by Crippen LogP contribution is 2.28. The van der Waals surface area contributed by atoms with Crippen molar-refractivity contribution < 1.29 is 9.59 Å². The van der Waals surface area contributed by atoms with Crippen LogP contribution in [0.5, 0.6) is 0 Å². The number of amides is 2. The van der Waals surface area contributed by atoms with Crippen molar-refractivity contribution in [1.29, 1.82) is 0 Å². The van der Waals surface area contributed by atoms with Crippen LogP contribution in [0.1, 0.15) is 5.56 Å². The molecule has 0 spiro atoms. The summed E-state index contributed by atoms with van der Waals surface area (Å²) >= 11 is 0. The largest absolute Gasteiger partial charge is 0.399 e. The van der Waals surface area contributed by atoms with Crippen LogP contribution in [-0.4, -0.2) is 11.8 Å². The molecule has 20 heavy (non-hydrogen) atoms. The molecule has 2 aromatic rings. The van der Waals surface area contributed by atoms with E-state index < -0.39 is 0 Å². The predicted octanol–water partition coefficient (Wildman–Crippen LogP) is 2.23. The first-order chi connectivity index (χ1) is 9.66. The van der Waals surface area contributed by atoms with Crippen LogP contribution in [0.4, 0.5) is 11.4 Å². The first kappa shape index (κ1) is 12.2. The lowest BCUT2D eigenvalue weighted by molar-refractivity contribution is -0.119. The Bertz CT molecular complexity index is 703. The first-order valence-electron chi connectivity index (χ1n) is 6.18. The van der Waals surface area contributed by atoms with Gasteiger partial charge in [-0.1, -0.05) is 30.3 Å². The van der Waals surface area contributed by atoms with Crippen molar-refractivity contribution in [3.63, 3.8) is 0 Å². The van der Waals surface area contributed by atoms with Gasteiger partial charge in [-0.15, -0.1) is 0 Å². The van der Waals surface area contributed by atoms with Gasteiger partial charge in [-0.3, -0.25) is 9.59 Å². The van der Waals surface area contributed by atoms with Gasteiger partial charge < -0.3 is 5.73 Å². The van der Waals surface area contributed by atoms with Gasteiger partial charge in [0.2, 0.25) is 0 Å². The third kappa shape index (κ3) is 1.97. The molecule has 0 aromatic heterocycles. The number of nitrogens with zero attached hydrogens (tertiary/aromatic N) is 1. The van der Waals surface area contributed by atoms with Gasteiger partial charge in [0.05, 0.1) is 11.3 Å². The first-order valence-corrected chi connectivity index (χ1v) is 6.18. The molecule has 0 unspecified atom stereocenters. The van der Waals surface area contributed by atoms with Crippen molar-refractivity contribution in [3.8, 4) is 0 Å². The van der Waals surface area contributed by atoms with Crippen molar-refractivity contribution in [3.05, 3.63) is 66.2 Å². The summed E-state index contributed by atoms with van der Waals surface area (Å²) in [6.45, 7) is 0. The Labute approximate surface area is 116 Å². The van der Waals surface area contributed by atoms with Crippen molar-refractivity contribution >= 4 is 28.8 Å². The molecule has 4 nitrogen and oxygen atoms in total. The van der Waals surface area contributed by atoms with Crippen LogP contribution in [0.25, 0.3) is 5.57 Å². The smallest absolute Gasteiger partial charge is 0.266 e. The summed E-state index contributed by atoms with van der Waals surface area (Å²) in [5.41, 5.74) is 7.87. The highest BCUT2D eigenvalue weighted by atomic mass is 16.2. The standard InChI is InChI=1S/C16H12N2O2/c17-12-6-8-13(9-7-12)18-15(19)10-14(16(18)20)11-4-2-1-3-5-11/h1-10H,17H2. The molecule has 0 radical (unpaired) electrons. The lowest BCUT2D eigenvalue weighted by Gasteiger charge is -2.15. The molecule has 0 bridgehead atoms. The summed E-state index contributed by atoms with van der Waals surface area (Å²) in [6.07, 6.45) is 1.37. The number of carbonyl (C=O) groups excluding carboxylic acids is 2. The maximum absolute atomic E-state index is 12.4. The summed E-state index contributed by atoms with van der Waals surface area (Å²) in [7, 11) is 0. The van der Waals surface area contributed by atoms with Gasteiger partial charge in [-0.2, -0.15) is 0 Å². The number of anilines is 2. The fraction of sp³-hybridized carbons (Fsp3) is 0. The van der Waals surface area contributed by atoms with E-state index in [4.69, 9.17) is 5.73 Å². The molecule has 1 aliphatic heterocycles. The van der Waals surface area contributed by atoms with Crippen molar-refractivity contribution in [2.24, 2.45) is 0 Å². The Kier molecular flexibility index (Phi) is 2.84. The molecule has 0 fully saturated rings. The summed E-state index contributed by atoms with van der Waals surface area (Å²) < 4.78 is 0. The van der Waals surface area contributed by atoms with E-state index in [-0.39, 0.29) is 11.8 Å². The molecule has 2 N–H and O–H groups in total. The van der Waals surface area contributed by atoms with Crippen LogP contribution in [0, 0.1) is 0 Å². The van der Waals surface area contributed by atoms with E-state index in [2.05, 4.69) is 0 Å². The highest BCUT2D eigenvalue weighted by molar-refractivity contribution is 6.43. The fourth-order valence-electron chi connectivity index (χ4n) is 2.16. The molecule has 0 atom stereocenters. The van der Waals surface area contributed by atoms with Crippen molar-refractivity contribution in [2.45, 2.75) is 0 Å². The van der Waals surface area contributed by atoms with Crippen LogP contribution in [0.3, 0.4) is 0 Å². The number of nitrogen functional groups attached to an aromatic ring is 1. The second-order valence-corrected chi connectivity index (χ2v) is 4.49. The van der Waals surface area contributed by atoms with Gasteiger partial charge in [0.1, 0.15) is 0 Å². The van der Waals surface area contributed by atoms with Crippen LogP contribution >= 0.6 is 0 Å². The minimum absolute atomic E-state index is 0.314. The number of benzene rings is 2.